The van der Waals surface area contributed by atoms with Gasteiger partial charge in [0.25, 0.3) is 0 Å². The highest BCUT2D eigenvalue weighted by Gasteiger charge is 2.31. The van der Waals surface area contributed by atoms with Gasteiger partial charge in [-0.25, -0.2) is 4.98 Å². The minimum atomic E-state index is -4.68. The van der Waals surface area contributed by atoms with Crippen LogP contribution in [0.25, 0.3) is 0 Å². The van der Waals surface area contributed by atoms with E-state index in [0.717, 1.165) is 45.2 Å². The molecule has 1 aliphatic rings. The second kappa shape index (κ2) is 6.98. The van der Waals surface area contributed by atoms with Crippen molar-refractivity contribution in [3.05, 3.63) is 18.3 Å². The van der Waals surface area contributed by atoms with Crippen molar-refractivity contribution in [2.75, 3.05) is 31.5 Å². The smallest absolute Gasteiger partial charge is 0.404 e. The van der Waals surface area contributed by atoms with Crippen LogP contribution in [-0.4, -0.2) is 42.4 Å². The number of likely N-dealkylation sites (tertiary alicyclic amines) is 1. The maximum Gasteiger partial charge on any atom is 0.573 e. The number of nitrogens with one attached hydrogen (secondary N) is 1. The molecule has 4 nitrogen and oxygen atoms in total. The molecule has 0 radical (unpaired) electrons. The summed E-state index contributed by atoms with van der Waals surface area (Å²) in [6.45, 7) is 6.26. The number of halogens is 3. The third kappa shape index (κ3) is 5.41. The molecule has 0 amide bonds. The quantitative estimate of drug-likeness (QED) is 0.876. The average molecular weight is 303 g/mol. The first-order valence-corrected chi connectivity index (χ1v) is 7.14. The monoisotopic (exact) mass is 303 g/mol. The van der Waals surface area contributed by atoms with Crippen molar-refractivity contribution in [2.24, 2.45) is 5.92 Å². The molecular weight excluding hydrogens is 283 g/mol. The van der Waals surface area contributed by atoms with Gasteiger partial charge in [-0.3, -0.25) is 0 Å². The number of nitrogens with zero attached hydrogens (tertiary/aromatic N) is 2. The summed E-state index contributed by atoms with van der Waals surface area (Å²) in [5.74, 6) is 0.825. The van der Waals surface area contributed by atoms with E-state index in [1.807, 2.05) is 0 Å². The molecule has 1 unspecified atom stereocenters. The van der Waals surface area contributed by atoms with E-state index in [4.69, 9.17) is 0 Å². The second-order valence-electron chi connectivity index (χ2n) is 5.26. The standard InChI is InChI=1S/C14H20F3N3O/c1-2-6-20-7-5-11(10-20)8-18-13-4-3-12(9-19-13)21-14(15,16)17/h3-4,9,11H,2,5-8,10H2,1H3,(H,18,19). The lowest BCUT2D eigenvalue weighted by Gasteiger charge is -2.15. The highest BCUT2D eigenvalue weighted by molar-refractivity contribution is 5.37. The fourth-order valence-corrected chi connectivity index (χ4v) is 2.53. The predicted octanol–water partition coefficient (Wildman–Crippen LogP) is 3.12. The van der Waals surface area contributed by atoms with E-state index < -0.39 is 6.36 Å². The molecule has 1 N–H and O–H groups in total. The van der Waals surface area contributed by atoms with Crippen molar-refractivity contribution in [3.8, 4) is 5.75 Å². The van der Waals surface area contributed by atoms with Gasteiger partial charge in [0, 0.05) is 13.1 Å². The Morgan fingerprint density at radius 1 is 1.43 bits per heavy atom. The molecule has 1 atom stereocenters. The van der Waals surface area contributed by atoms with Crippen LogP contribution in [0.5, 0.6) is 5.75 Å². The number of rotatable bonds is 6. The Labute approximate surface area is 122 Å². The van der Waals surface area contributed by atoms with Crippen LogP contribution < -0.4 is 10.1 Å². The third-order valence-electron chi connectivity index (χ3n) is 3.45. The summed E-state index contributed by atoms with van der Waals surface area (Å²) in [5, 5.41) is 3.16. The maximum absolute atomic E-state index is 12.0. The second-order valence-corrected chi connectivity index (χ2v) is 5.26. The summed E-state index contributed by atoms with van der Waals surface area (Å²) in [7, 11) is 0. The van der Waals surface area contributed by atoms with Crippen LogP contribution in [0.3, 0.4) is 0 Å². The summed E-state index contributed by atoms with van der Waals surface area (Å²) >= 11 is 0. The zero-order chi connectivity index (χ0) is 15.3. The van der Waals surface area contributed by atoms with Gasteiger partial charge in [-0.05, 0) is 44.0 Å². The molecule has 2 rings (SSSR count). The Morgan fingerprint density at radius 3 is 2.86 bits per heavy atom. The summed E-state index contributed by atoms with van der Waals surface area (Å²) < 4.78 is 39.8. The van der Waals surface area contributed by atoms with Crippen molar-refractivity contribution >= 4 is 5.82 Å². The molecule has 1 aromatic rings. The molecule has 118 valence electrons. The molecule has 1 aromatic heterocycles. The molecule has 0 bridgehead atoms. The van der Waals surface area contributed by atoms with E-state index in [-0.39, 0.29) is 5.75 Å². The maximum atomic E-state index is 12.0. The predicted molar refractivity (Wildman–Crippen MR) is 74.2 cm³/mol. The van der Waals surface area contributed by atoms with Crippen LogP contribution in [0.15, 0.2) is 18.3 Å². The number of aromatic nitrogens is 1. The van der Waals surface area contributed by atoms with Gasteiger partial charge in [0.05, 0.1) is 6.20 Å². The van der Waals surface area contributed by atoms with Crippen molar-refractivity contribution in [3.63, 3.8) is 0 Å². The van der Waals surface area contributed by atoms with Gasteiger partial charge >= 0.3 is 6.36 Å². The van der Waals surface area contributed by atoms with Crippen molar-refractivity contribution < 1.29 is 17.9 Å². The molecule has 1 aliphatic heterocycles. The first-order valence-electron chi connectivity index (χ1n) is 7.14. The van der Waals surface area contributed by atoms with E-state index in [9.17, 15) is 13.2 Å². The van der Waals surface area contributed by atoms with E-state index in [1.165, 1.54) is 12.1 Å². The molecule has 7 heteroatoms. The zero-order valence-electron chi connectivity index (χ0n) is 12.0. The first-order chi connectivity index (χ1) is 9.96. The number of hydrogen-bond acceptors (Lipinski definition) is 4. The lowest BCUT2D eigenvalue weighted by Crippen LogP contribution is -2.23. The van der Waals surface area contributed by atoms with Crippen LogP contribution in [0.4, 0.5) is 19.0 Å². The molecule has 1 saturated heterocycles. The van der Waals surface area contributed by atoms with Gasteiger partial charge in [-0.1, -0.05) is 6.92 Å². The van der Waals surface area contributed by atoms with E-state index >= 15 is 0 Å². The summed E-state index contributed by atoms with van der Waals surface area (Å²) in [4.78, 5) is 6.36. The first kappa shape index (κ1) is 15.9. The lowest BCUT2D eigenvalue weighted by molar-refractivity contribution is -0.274. The van der Waals surface area contributed by atoms with E-state index in [0.29, 0.717) is 11.7 Å². The Kier molecular flexibility index (Phi) is 5.27. The van der Waals surface area contributed by atoms with Crippen LogP contribution in [0.1, 0.15) is 19.8 Å². The van der Waals surface area contributed by atoms with Crippen molar-refractivity contribution in [1.29, 1.82) is 0 Å². The minimum Gasteiger partial charge on any atom is -0.404 e. The highest BCUT2D eigenvalue weighted by atomic mass is 19.4. The zero-order valence-corrected chi connectivity index (χ0v) is 12.0. The molecule has 0 spiro atoms. The number of hydrogen-bond donors (Lipinski definition) is 1. The minimum absolute atomic E-state index is 0.303. The Hall–Kier alpha value is -1.50. The van der Waals surface area contributed by atoms with Crippen LogP contribution in [-0.2, 0) is 0 Å². The van der Waals surface area contributed by atoms with Crippen molar-refractivity contribution in [2.45, 2.75) is 26.1 Å². The molecule has 0 aromatic carbocycles. The molecule has 1 fully saturated rings. The molecule has 0 aliphatic carbocycles. The molecule has 21 heavy (non-hydrogen) atoms. The summed E-state index contributed by atoms with van der Waals surface area (Å²) in [6, 6.07) is 2.76. The van der Waals surface area contributed by atoms with E-state index in [1.54, 1.807) is 0 Å². The van der Waals surface area contributed by atoms with Gasteiger partial charge < -0.3 is 15.0 Å². The number of ether oxygens (including phenoxy) is 1. The molecule has 0 saturated carbocycles. The van der Waals surface area contributed by atoms with E-state index in [2.05, 4.69) is 26.9 Å². The summed E-state index contributed by atoms with van der Waals surface area (Å²) in [5.41, 5.74) is 0. The normalized spacial score (nSPS) is 19.7. The Balaban J connectivity index is 1.76. The fourth-order valence-electron chi connectivity index (χ4n) is 2.53. The number of anilines is 1. The Bertz CT molecular complexity index is 436. The lowest BCUT2D eigenvalue weighted by atomic mass is 10.1. The number of alkyl halides is 3. The molecular formula is C14H20F3N3O. The van der Waals surface area contributed by atoms with Gasteiger partial charge in [-0.15, -0.1) is 13.2 Å². The average Bonchev–Trinajstić information content (AvgIpc) is 2.84. The van der Waals surface area contributed by atoms with Crippen LogP contribution in [0.2, 0.25) is 0 Å². The fraction of sp³-hybridized carbons (Fsp3) is 0.643. The van der Waals surface area contributed by atoms with Crippen molar-refractivity contribution in [1.82, 2.24) is 9.88 Å². The number of pyridine rings is 1. The Morgan fingerprint density at radius 2 is 2.24 bits per heavy atom. The summed E-state index contributed by atoms with van der Waals surface area (Å²) in [6.07, 6.45) is -1.30. The van der Waals surface area contributed by atoms with Crippen LogP contribution in [0, 0.1) is 5.92 Å². The topological polar surface area (TPSA) is 37.4 Å². The van der Waals surface area contributed by atoms with Gasteiger partial charge in [0.1, 0.15) is 11.6 Å². The van der Waals surface area contributed by atoms with Gasteiger partial charge in [-0.2, -0.15) is 0 Å². The van der Waals surface area contributed by atoms with Crippen LogP contribution >= 0.6 is 0 Å². The largest absolute Gasteiger partial charge is 0.573 e. The third-order valence-corrected chi connectivity index (χ3v) is 3.45. The highest BCUT2D eigenvalue weighted by Crippen LogP contribution is 2.23. The molecule has 2 heterocycles. The van der Waals surface area contributed by atoms with Gasteiger partial charge in [0.2, 0.25) is 0 Å². The SMILES string of the molecule is CCCN1CCC(CNc2ccc(OC(F)(F)F)cn2)C1. The van der Waals surface area contributed by atoms with Gasteiger partial charge in [0.15, 0.2) is 0 Å².